The molecule has 5 nitrogen and oxygen atoms in total. The zero-order valence-corrected chi connectivity index (χ0v) is 12.6. The van der Waals surface area contributed by atoms with Crippen LogP contribution in [0.1, 0.15) is 18.4 Å². The lowest BCUT2D eigenvalue weighted by atomic mass is 9.75. The van der Waals surface area contributed by atoms with E-state index >= 15 is 0 Å². The predicted octanol–water partition coefficient (Wildman–Crippen LogP) is 1.27. The SMILES string of the molecule is COc1ccc(CC2NC(=O)C(C3CC(F)(F)C3)NC2=O)cc1. The van der Waals surface area contributed by atoms with Crippen molar-refractivity contribution in [2.45, 2.75) is 37.3 Å². The second-order valence-corrected chi connectivity index (χ2v) is 6.12. The fraction of sp³-hybridized carbons (Fsp3) is 0.500. The molecule has 1 aliphatic carbocycles. The number of hydrogen-bond donors (Lipinski definition) is 2. The van der Waals surface area contributed by atoms with Crippen molar-refractivity contribution in [2.75, 3.05) is 7.11 Å². The largest absolute Gasteiger partial charge is 0.497 e. The topological polar surface area (TPSA) is 67.4 Å². The molecule has 1 aromatic carbocycles. The number of benzene rings is 1. The maximum absolute atomic E-state index is 12.9. The molecule has 1 aliphatic heterocycles. The van der Waals surface area contributed by atoms with E-state index in [2.05, 4.69) is 10.6 Å². The van der Waals surface area contributed by atoms with E-state index in [1.807, 2.05) is 12.1 Å². The number of nitrogens with one attached hydrogen (secondary N) is 2. The number of amides is 2. The van der Waals surface area contributed by atoms with Gasteiger partial charge in [-0.1, -0.05) is 12.1 Å². The zero-order valence-electron chi connectivity index (χ0n) is 12.6. The highest BCUT2D eigenvalue weighted by molar-refractivity contribution is 5.97. The number of hydrogen-bond acceptors (Lipinski definition) is 3. The minimum atomic E-state index is -2.71. The summed E-state index contributed by atoms with van der Waals surface area (Å²) in [5.41, 5.74) is 0.875. The van der Waals surface area contributed by atoms with Gasteiger partial charge in [-0.3, -0.25) is 9.59 Å². The smallest absolute Gasteiger partial charge is 0.248 e. The van der Waals surface area contributed by atoms with Crippen molar-refractivity contribution in [3.05, 3.63) is 29.8 Å². The van der Waals surface area contributed by atoms with Gasteiger partial charge in [-0.15, -0.1) is 0 Å². The average Bonchev–Trinajstić information content (AvgIpc) is 2.49. The minimum absolute atomic E-state index is 0.333. The molecule has 0 bridgehead atoms. The van der Waals surface area contributed by atoms with Crippen LogP contribution in [-0.4, -0.2) is 36.9 Å². The third kappa shape index (κ3) is 3.28. The molecule has 0 aromatic heterocycles. The van der Waals surface area contributed by atoms with Crippen LogP contribution in [0.5, 0.6) is 5.75 Å². The number of alkyl halides is 2. The number of carbonyl (C=O) groups excluding carboxylic acids is 2. The lowest BCUT2D eigenvalue weighted by molar-refractivity contribution is -0.150. The van der Waals surface area contributed by atoms with Crippen molar-refractivity contribution in [2.24, 2.45) is 5.92 Å². The van der Waals surface area contributed by atoms with Gasteiger partial charge in [0.1, 0.15) is 17.8 Å². The van der Waals surface area contributed by atoms with Gasteiger partial charge in [-0.25, -0.2) is 8.78 Å². The first kappa shape index (κ1) is 15.7. The molecule has 124 valence electrons. The molecular formula is C16H18F2N2O3. The number of carbonyl (C=O) groups is 2. The molecule has 1 saturated heterocycles. The molecule has 2 atom stereocenters. The van der Waals surface area contributed by atoms with Crippen molar-refractivity contribution in [3.8, 4) is 5.75 Å². The van der Waals surface area contributed by atoms with Crippen LogP contribution < -0.4 is 15.4 Å². The predicted molar refractivity (Wildman–Crippen MR) is 78.2 cm³/mol. The summed E-state index contributed by atoms with van der Waals surface area (Å²) in [5.74, 6) is -3.22. The molecule has 0 radical (unpaired) electrons. The standard InChI is InChI=1S/C16H18F2N2O3/c1-23-11-4-2-9(3-5-11)6-12-14(21)20-13(15(22)19-12)10-7-16(17,18)8-10/h2-5,10,12-13H,6-8H2,1H3,(H,19,22)(H,20,21). The summed E-state index contributed by atoms with van der Waals surface area (Å²) in [6, 6.07) is 5.64. The Morgan fingerprint density at radius 3 is 2.35 bits per heavy atom. The van der Waals surface area contributed by atoms with E-state index < -0.39 is 23.9 Å². The highest BCUT2D eigenvalue weighted by Gasteiger charge is 2.52. The van der Waals surface area contributed by atoms with Crippen LogP contribution >= 0.6 is 0 Å². The molecule has 1 saturated carbocycles. The Morgan fingerprint density at radius 1 is 1.13 bits per heavy atom. The maximum atomic E-state index is 12.9. The van der Waals surface area contributed by atoms with Crippen molar-refractivity contribution >= 4 is 11.8 Å². The summed E-state index contributed by atoms with van der Waals surface area (Å²) in [7, 11) is 1.56. The van der Waals surface area contributed by atoms with Gasteiger partial charge in [-0.2, -0.15) is 0 Å². The molecule has 23 heavy (non-hydrogen) atoms. The van der Waals surface area contributed by atoms with E-state index in [0.29, 0.717) is 12.2 Å². The highest BCUT2D eigenvalue weighted by atomic mass is 19.3. The van der Waals surface area contributed by atoms with Crippen LogP contribution in [0.3, 0.4) is 0 Å². The van der Waals surface area contributed by atoms with Crippen LogP contribution in [-0.2, 0) is 16.0 Å². The van der Waals surface area contributed by atoms with E-state index in [1.165, 1.54) is 0 Å². The first-order valence-corrected chi connectivity index (χ1v) is 7.49. The Morgan fingerprint density at radius 2 is 1.78 bits per heavy atom. The number of ether oxygens (including phenoxy) is 1. The number of piperazine rings is 1. The van der Waals surface area contributed by atoms with Gasteiger partial charge in [0.15, 0.2) is 0 Å². The van der Waals surface area contributed by atoms with Crippen molar-refractivity contribution < 1.29 is 23.1 Å². The summed E-state index contributed by atoms with van der Waals surface area (Å²) in [5, 5.41) is 5.23. The van der Waals surface area contributed by atoms with Gasteiger partial charge < -0.3 is 15.4 Å². The summed E-state index contributed by atoms with van der Waals surface area (Å²) < 4.78 is 30.9. The van der Waals surface area contributed by atoms with E-state index in [9.17, 15) is 18.4 Å². The monoisotopic (exact) mass is 324 g/mol. The number of halogens is 2. The van der Waals surface area contributed by atoms with E-state index in [1.54, 1.807) is 19.2 Å². The number of rotatable bonds is 4. The van der Waals surface area contributed by atoms with Crippen molar-refractivity contribution in [3.63, 3.8) is 0 Å². The molecule has 3 rings (SSSR count). The molecule has 2 amide bonds. The summed E-state index contributed by atoms with van der Waals surface area (Å²) in [6.07, 6.45) is -0.363. The third-order valence-corrected chi connectivity index (χ3v) is 4.41. The highest BCUT2D eigenvalue weighted by Crippen LogP contribution is 2.44. The molecule has 1 heterocycles. The van der Waals surface area contributed by atoms with Crippen molar-refractivity contribution in [1.29, 1.82) is 0 Å². The maximum Gasteiger partial charge on any atom is 0.248 e. The molecule has 2 N–H and O–H groups in total. The normalized spacial score (nSPS) is 26.9. The van der Waals surface area contributed by atoms with E-state index in [4.69, 9.17) is 4.74 Å². The molecule has 0 spiro atoms. The Kier molecular flexibility index (Phi) is 3.95. The summed E-state index contributed by atoms with van der Waals surface area (Å²) in [4.78, 5) is 24.2. The Bertz CT molecular complexity index is 610. The second kappa shape index (κ2) is 5.79. The third-order valence-electron chi connectivity index (χ3n) is 4.41. The van der Waals surface area contributed by atoms with E-state index in [0.717, 1.165) is 5.56 Å². The fourth-order valence-corrected chi connectivity index (χ4v) is 3.06. The molecule has 2 aliphatic rings. The molecule has 7 heteroatoms. The average molecular weight is 324 g/mol. The first-order chi connectivity index (χ1) is 10.9. The van der Waals surface area contributed by atoms with Gasteiger partial charge >= 0.3 is 0 Å². The second-order valence-electron chi connectivity index (χ2n) is 6.12. The Hall–Kier alpha value is -2.18. The number of methoxy groups -OCH3 is 1. The molecule has 2 unspecified atom stereocenters. The quantitative estimate of drug-likeness (QED) is 0.876. The first-order valence-electron chi connectivity index (χ1n) is 7.49. The van der Waals surface area contributed by atoms with E-state index in [-0.39, 0.29) is 24.7 Å². The van der Waals surface area contributed by atoms with Gasteiger partial charge in [0.2, 0.25) is 17.7 Å². The summed E-state index contributed by atoms with van der Waals surface area (Å²) >= 11 is 0. The Labute approximate surface area is 132 Å². The fourth-order valence-electron chi connectivity index (χ4n) is 3.06. The van der Waals surface area contributed by atoms with Gasteiger partial charge in [0.25, 0.3) is 0 Å². The van der Waals surface area contributed by atoms with Crippen LogP contribution in [0, 0.1) is 5.92 Å². The zero-order chi connectivity index (χ0) is 16.6. The van der Waals surface area contributed by atoms with Gasteiger partial charge in [0.05, 0.1) is 7.11 Å². The summed E-state index contributed by atoms with van der Waals surface area (Å²) in [6.45, 7) is 0. The van der Waals surface area contributed by atoms with Gasteiger partial charge in [-0.05, 0) is 23.6 Å². The van der Waals surface area contributed by atoms with Crippen LogP contribution in [0.4, 0.5) is 8.78 Å². The lowest BCUT2D eigenvalue weighted by Gasteiger charge is -2.42. The van der Waals surface area contributed by atoms with Crippen LogP contribution in [0.15, 0.2) is 24.3 Å². The van der Waals surface area contributed by atoms with Gasteiger partial charge in [0, 0.05) is 19.3 Å². The Balaban J connectivity index is 1.60. The van der Waals surface area contributed by atoms with Crippen LogP contribution in [0.25, 0.3) is 0 Å². The van der Waals surface area contributed by atoms with Crippen LogP contribution in [0.2, 0.25) is 0 Å². The minimum Gasteiger partial charge on any atom is -0.497 e. The molecular weight excluding hydrogens is 306 g/mol. The van der Waals surface area contributed by atoms with Crippen molar-refractivity contribution in [1.82, 2.24) is 10.6 Å². The lowest BCUT2D eigenvalue weighted by Crippen LogP contribution is -2.66. The molecule has 1 aromatic rings. The molecule has 2 fully saturated rings.